The molecule has 0 N–H and O–H groups in total. The Bertz CT molecular complexity index is 3000. The number of hydrogen-bond acceptors (Lipinski definition) is 1. The number of rotatable bonds is 9. The first-order valence-electron chi connectivity index (χ1n) is 20.1. The van der Waals surface area contributed by atoms with Gasteiger partial charge in [-0.3, -0.25) is 0 Å². The van der Waals surface area contributed by atoms with E-state index in [1.54, 1.807) is 0 Å². The van der Waals surface area contributed by atoms with Crippen molar-refractivity contribution in [3.8, 4) is 55.6 Å². The minimum absolute atomic E-state index is 0.927. The average molecular weight is 743 g/mol. The molecule has 0 aliphatic carbocycles. The van der Waals surface area contributed by atoms with Gasteiger partial charge in [0, 0.05) is 45.4 Å². The standard InChI is InChI=1S/C56H42N2/c1-2-57-54-24-10-9-22-53(54)56-52(23-13-25-55(56)57)48-20-11-18-46(38-48)47-19-12-21-51(39-47)58(49-34-30-44(31-35-49)41-16-7-4-8-17-41)50-36-32-45(33-37-50)43-28-26-42(27-29-43)40-14-5-3-6-15-40/h3-39H,2H2,1H3. The molecular formula is C56H42N2. The van der Waals surface area contributed by atoms with E-state index in [2.05, 4.69) is 241 Å². The number of benzene rings is 9. The molecule has 2 heteroatoms. The molecule has 0 bridgehead atoms. The van der Waals surface area contributed by atoms with Gasteiger partial charge in [-0.1, -0.05) is 170 Å². The molecule has 0 unspecified atom stereocenters. The Kier molecular flexibility index (Phi) is 9.21. The van der Waals surface area contributed by atoms with Gasteiger partial charge in [0.05, 0.1) is 0 Å². The number of hydrogen-bond donors (Lipinski definition) is 0. The predicted molar refractivity (Wildman–Crippen MR) is 247 cm³/mol. The summed E-state index contributed by atoms with van der Waals surface area (Å²) in [5.41, 5.74) is 17.9. The maximum Gasteiger partial charge on any atom is 0.0497 e. The first kappa shape index (κ1) is 35.0. The van der Waals surface area contributed by atoms with Gasteiger partial charge < -0.3 is 9.47 Å². The second-order valence-electron chi connectivity index (χ2n) is 14.8. The topological polar surface area (TPSA) is 8.17 Å². The third-order valence-electron chi connectivity index (χ3n) is 11.4. The molecule has 0 saturated heterocycles. The highest BCUT2D eigenvalue weighted by Crippen LogP contribution is 2.41. The summed E-state index contributed by atoms with van der Waals surface area (Å²) >= 11 is 0. The number of aromatic nitrogens is 1. The highest BCUT2D eigenvalue weighted by Gasteiger charge is 2.17. The summed E-state index contributed by atoms with van der Waals surface area (Å²) in [5, 5.41) is 2.61. The van der Waals surface area contributed by atoms with Crippen LogP contribution in [0.2, 0.25) is 0 Å². The summed E-state index contributed by atoms with van der Waals surface area (Å²) in [6.45, 7) is 3.16. The zero-order chi connectivity index (χ0) is 38.8. The van der Waals surface area contributed by atoms with Crippen LogP contribution in [0.15, 0.2) is 224 Å². The third kappa shape index (κ3) is 6.55. The van der Waals surface area contributed by atoms with Crippen molar-refractivity contribution >= 4 is 38.9 Å². The summed E-state index contributed by atoms with van der Waals surface area (Å²) in [6, 6.07) is 81.4. The van der Waals surface area contributed by atoms with E-state index in [-0.39, 0.29) is 0 Å². The van der Waals surface area contributed by atoms with Crippen LogP contribution in [0, 0.1) is 0 Å². The van der Waals surface area contributed by atoms with Gasteiger partial charge in [-0.15, -0.1) is 0 Å². The Morgan fingerprint density at radius 3 is 1.34 bits per heavy atom. The van der Waals surface area contributed by atoms with Gasteiger partial charge in [0.1, 0.15) is 0 Å². The quantitative estimate of drug-likeness (QED) is 0.143. The van der Waals surface area contributed by atoms with Gasteiger partial charge in [0.15, 0.2) is 0 Å². The van der Waals surface area contributed by atoms with Crippen LogP contribution in [0.3, 0.4) is 0 Å². The lowest BCUT2D eigenvalue weighted by Crippen LogP contribution is -2.10. The molecule has 58 heavy (non-hydrogen) atoms. The van der Waals surface area contributed by atoms with Gasteiger partial charge in [0.25, 0.3) is 0 Å². The first-order chi connectivity index (χ1) is 28.7. The summed E-state index contributed by atoms with van der Waals surface area (Å²) in [7, 11) is 0. The minimum Gasteiger partial charge on any atom is -0.341 e. The van der Waals surface area contributed by atoms with Gasteiger partial charge in [-0.05, 0) is 117 Å². The molecule has 1 aromatic heterocycles. The van der Waals surface area contributed by atoms with Crippen molar-refractivity contribution in [2.45, 2.75) is 13.5 Å². The largest absolute Gasteiger partial charge is 0.341 e. The van der Waals surface area contributed by atoms with Crippen molar-refractivity contribution in [2.24, 2.45) is 0 Å². The number of nitrogens with zero attached hydrogens (tertiary/aromatic N) is 2. The summed E-state index contributed by atoms with van der Waals surface area (Å²) in [6.07, 6.45) is 0. The molecule has 0 fully saturated rings. The van der Waals surface area contributed by atoms with Crippen molar-refractivity contribution in [1.29, 1.82) is 0 Å². The summed E-state index contributed by atoms with van der Waals surface area (Å²) in [5.74, 6) is 0. The van der Waals surface area contributed by atoms with Crippen LogP contribution in [0.4, 0.5) is 17.1 Å². The van der Waals surface area contributed by atoms with Gasteiger partial charge in [0.2, 0.25) is 0 Å². The summed E-state index contributed by atoms with van der Waals surface area (Å²) < 4.78 is 2.43. The van der Waals surface area contributed by atoms with E-state index >= 15 is 0 Å². The van der Waals surface area contributed by atoms with Crippen LogP contribution in [0.25, 0.3) is 77.4 Å². The minimum atomic E-state index is 0.927. The smallest absolute Gasteiger partial charge is 0.0497 e. The van der Waals surface area contributed by atoms with Crippen LogP contribution in [-0.2, 0) is 6.54 Å². The lowest BCUT2D eigenvalue weighted by Gasteiger charge is -2.26. The molecule has 9 aromatic carbocycles. The fourth-order valence-electron chi connectivity index (χ4n) is 8.54. The van der Waals surface area contributed by atoms with E-state index in [0.717, 1.165) is 23.6 Å². The zero-order valence-electron chi connectivity index (χ0n) is 32.5. The lowest BCUT2D eigenvalue weighted by molar-refractivity contribution is 0.827. The molecule has 276 valence electrons. The van der Waals surface area contributed by atoms with Gasteiger partial charge >= 0.3 is 0 Å². The molecule has 0 spiro atoms. The Morgan fingerprint density at radius 2 is 0.759 bits per heavy atom. The Balaban J connectivity index is 1.03. The van der Waals surface area contributed by atoms with E-state index in [1.807, 2.05) is 0 Å². The van der Waals surface area contributed by atoms with E-state index < -0.39 is 0 Å². The predicted octanol–water partition coefficient (Wildman–Crippen LogP) is 15.6. The van der Waals surface area contributed by atoms with Gasteiger partial charge in [-0.2, -0.15) is 0 Å². The van der Waals surface area contributed by atoms with Gasteiger partial charge in [-0.25, -0.2) is 0 Å². The Morgan fingerprint density at radius 1 is 0.328 bits per heavy atom. The molecule has 0 aliphatic heterocycles. The highest BCUT2D eigenvalue weighted by atomic mass is 15.1. The van der Waals surface area contributed by atoms with Crippen molar-refractivity contribution < 1.29 is 0 Å². The zero-order valence-corrected chi connectivity index (χ0v) is 32.5. The summed E-state index contributed by atoms with van der Waals surface area (Å²) in [4.78, 5) is 2.37. The third-order valence-corrected chi connectivity index (χ3v) is 11.4. The number of aryl methyl sites for hydroxylation is 1. The fraction of sp³-hybridized carbons (Fsp3) is 0.0357. The normalized spacial score (nSPS) is 11.3. The fourth-order valence-corrected chi connectivity index (χ4v) is 8.54. The number of para-hydroxylation sites is 1. The second-order valence-corrected chi connectivity index (χ2v) is 14.8. The van der Waals surface area contributed by atoms with Crippen LogP contribution in [-0.4, -0.2) is 4.57 Å². The van der Waals surface area contributed by atoms with E-state index in [4.69, 9.17) is 0 Å². The highest BCUT2D eigenvalue weighted by molar-refractivity contribution is 6.15. The van der Waals surface area contributed by atoms with Crippen molar-refractivity contribution in [1.82, 2.24) is 4.57 Å². The van der Waals surface area contributed by atoms with Crippen LogP contribution in [0.5, 0.6) is 0 Å². The second kappa shape index (κ2) is 15.3. The molecule has 1 heterocycles. The monoisotopic (exact) mass is 742 g/mol. The van der Waals surface area contributed by atoms with Crippen LogP contribution in [0.1, 0.15) is 6.92 Å². The van der Waals surface area contributed by atoms with Crippen LogP contribution < -0.4 is 4.90 Å². The molecule has 2 nitrogen and oxygen atoms in total. The van der Waals surface area contributed by atoms with Crippen molar-refractivity contribution in [3.05, 3.63) is 224 Å². The van der Waals surface area contributed by atoms with E-state index in [1.165, 1.54) is 77.4 Å². The molecular weight excluding hydrogens is 701 g/mol. The number of fused-ring (bicyclic) bond motifs is 3. The van der Waals surface area contributed by atoms with Crippen molar-refractivity contribution in [3.63, 3.8) is 0 Å². The number of anilines is 3. The Hall–Kier alpha value is -7.42. The molecule has 10 rings (SSSR count). The van der Waals surface area contributed by atoms with Crippen molar-refractivity contribution in [2.75, 3.05) is 4.90 Å². The maximum absolute atomic E-state index is 2.43. The first-order valence-corrected chi connectivity index (χ1v) is 20.1. The molecule has 0 aliphatic rings. The Labute approximate surface area is 340 Å². The molecule has 0 radical (unpaired) electrons. The average Bonchev–Trinajstić information content (AvgIpc) is 3.64. The SMILES string of the molecule is CCn1c2ccccc2c2c(-c3cccc(-c4cccc(N(c5ccc(-c6ccccc6)cc5)c5ccc(-c6ccc(-c7ccccc7)cc6)cc5)c4)c3)cccc21. The molecule has 0 amide bonds. The molecule has 10 aromatic rings. The van der Waals surface area contributed by atoms with E-state index in [9.17, 15) is 0 Å². The maximum atomic E-state index is 2.43. The lowest BCUT2D eigenvalue weighted by atomic mass is 9.95. The molecule has 0 saturated carbocycles. The molecule has 0 atom stereocenters. The van der Waals surface area contributed by atoms with E-state index in [0.29, 0.717) is 0 Å². The van der Waals surface area contributed by atoms with Crippen LogP contribution >= 0.6 is 0 Å².